The van der Waals surface area contributed by atoms with Crippen LogP contribution in [0.2, 0.25) is 0 Å². The molecule has 0 radical (unpaired) electrons. The number of hydrogen-bond acceptors (Lipinski definition) is 4. The highest BCUT2D eigenvalue weighted by atomic mass is 16.4. The van der Waals surface area contributed by atoms with Gasteiger partial charge in [0.25, 0.3) is 6.71 Å². The summed E-state index contributed by atoms with van der Waals surface area (Å²) in [5.74, 6) is 0.945. The van der Waals surface area contributed by atoms with Crippen molar-refractivity contribution in [3.05, 3.63) is 197 Å². The van der Waals surface area contributed by atoms with Gasteiger partial charge in [-0.1, -0.05) is 224 Å². The maximum absolute atomic E-state index is 7.90. The molecule has 426 valence electrons. The lowest BCUT2D eigenvalue weighted by atomic mass is 9.33. The zero-order valence-electron chi connectivity index (χ0n) is 52.5. The molecule has 0 fully saturated rings. The van der Waals surface area contributed by atoms with Crippen LogP contribution in [-0.4, -0.2) is 12.3 Å². The smallest absolute Gasteiger partial charge is 0.257 e. The van der Waals surface area contributed by atoms with Crippen molar-refractivity contribution in [1.29, 1.82) is 0 Å². The molecule has 0 spiro atoms. The van der Waals surface area contributed by atoms with Gasteiger partial charge in [-0.05, 0) is 176 Å². The highest BCUT2D eigenvalue weighted by molar-refractivity contribution is 7.01. The number of benzene rings is 8. The van der Waals surface area contributed by atoms with Gasteiger partial charge in [-0.25, -0.2) is 0 Å². The van der Waals surface area contributed by atoms with E-state index in [0.717, 1.165) is 72.7 Å². The zero-order valence-corrected chi connectivity index (χ0v) is 52.5. The van der Waals surface area contributed by atoms with E-state index in [0.29, 0.717) is 0 Å². The van der Waals surface area contributed by atoms with Crippen molar-refractivity contribution in [2.45, 2.75) is 187 Å². The molecular weight excluding hydrogens is 1020 g/mol. The third-order valence-electron chi connectivity index (χ3n) is 21.2. The first-order valence-electron chi connectivity index (χ1n) is 31.9. The molecule has 3 aliphatic heterocycles. The topological polar surface area (TPSA) is 22.9 Å². The summed E-state index contributed by atoms with van der Waals surface area (Å²) >= 11 is 0. The second kappa shape index (κ2) is 19.4. The minimum Gasteiger partial charge on any atom is -0.440 e. The van der Waals surface area contributed by atoms with E-state index in [1.54, 1.807) is 0 Å². The molecule has 0 amide bonds. The van der Waals surface area contributed by atoms with Crippen LogP contribution in [0.5, 0.6) is 0 Å². The molecule has 14 rings (SSSR count). The molecule has 84 heavy (non-hydrogen) atoms. The molecule has 0 N–H and O–H groups in total. The fourth-order valence-corrected chi connectivity index (χ4v) is 16.1. The number of unbranched alkanes of at least 4 members (excludes halogenated alkanes) is 3. The summed E-state index contributed by atoms with van der Waals surface area (Å²) in [6.07, 6.45) is 11.6. The summed E-state index contributed by atoms with van der Waals surface area (Å²) in [7, 11) is 0. The molecule has 0 saturated carbocycles. The van der Waals surface area contributed by atoms with Crippen LogP contribution in [0, 0.1) is 0 Å². The molecule has 1 atom stereocenters. The van der Waals surface area contributed by atoms with Crippen molar-refractivity contribution >= 4 is 79.8 Å². The Morgan fingerprint density at radius 1 is 0.536 bits per heavy atom. The van der Waals surface area contributed by atoms with E-state index in [4.69, 9.17) is 4.42 Å². The van der Waals surface area contributed by atoms with Gasteiger partial charge in [0, 0.05) is 50.3 Å². The van der Waals surface area contributed by atoms with Gasteiger partial charge in [-0.2, -0.15) is 0 Å². The normalized spacial score (nSPS) is 19.1. The SMILES string of the molecule is CCCCCCC1(C)Cc2cc(C(C)(C)C)cc3c2N1c1cc(N(c2ccccc2-c2ccccc2)c2ccccc2-c2ccccc2)cc2c1B3c1c(oc3cc4c(cc13)C(C)(C)CCC4(C)C)N2c1ccc2c(c1)C(C)(C)CCC2(C)C. The van der Waals surface area contributed by atoms with Gasteiger partial charge in [0.05, 0.1) is 17.1 Å². The highest BCUT2D eigenvalue weighted by Gasteiger charge is 2.54. The third kappa shape index (κ3) is 8.58. The molecule has 5 heteroatoms. The number of furan rings is 1. The van der Waals surface area contributed by atoms with Crippen molar-refractivity contribution < 1.29 is 4.42 Å². The van der Waals surface area contributed by atoms with Crippen molar-refractivity contribution in [2.24, 2.45) is 0 Å². The lowest BCUT2D eigenvalue weighted by Crippen LogP contribution is -2.63. The molecule has 2 aliphatic carbocycles. The molecular formula is C79H86BN3O. The summed E-state index contributed by atoms with van der Waals surface area (Å²) in [4.78, 5) is 8.12. The Morgan fingerprint density at radius 2 is 1.08 bits per heavy atom. The largest absolute Gasteiger partial charge is 0.440 e. The summed E-state index contributed by atoms with van der Waals surface area (Å²) < 4.78 is 7.90. The van der Waals surface area contributed by atoms with Crippen molar-refractivity contribution in [1.82, 2.24) is 0 Å². The van der Waals surface area contributed by atoms with Crippen LogP contribution in [0.3, 0.4) is 0 Å². The fraction of sp³-hybridized carbons (Fsp3) is 0.367. The van der Waals surface area contributed by atoms with Gasteiger partial charge < -0.3 is 14.2 Å². The maximum atomic E-state index is 7.90. The number of fused-ring (bicyclic) bond motifs is 8. The average molecular weight is 1100 g/mol. The van der Waals surface area contributed by atoms with Crippen LogP contribution in [-0.2, 0) is 33.5 Å². The van der Waals surface area contributed by atoms with Crippen molar-refractivity contribution in [2.75, 3.05) is 14.7 Å². The molecule has 4 heterocycles. The molecule has 9 aromatic rings. The Bertz CT molecular complexity index is 4000. The van der Waals surface area contributed by atoms with Crippen LogP contribution in [0.4, 0.5) is 45.7 Å². The predicted molar refractivity (Wildman–Crippen MR) is 360 cm³/mol. The minimum absolute atomic E-state index is 0.0122. The molecule has 0 saturated heterocycles. The Morgan fingerprint density at radius 3 is 1.68 bits per heavy atom. The quantitative estimate of drug-likeness (QED) is 0.0951. The average Bonchev–Trinajstić information content (AvgIpc) is 1.40. The van der Waals surface area contributed by atoms with Gasteiger partial charge >= 0.3 is 0 Å². The van der Waals surface area contributed by atoms with Crippen LogP contribution >= 0.6 is 0 Å². The van der Waals surface area contributed by atoms with Crippen LogP contribution < -0.4 is 31.1 Å². The molecule has 0 bridgehead atoms. The summed E-state index contributed by atoms with van der Waals surface area (Å²) in [5.41, 5.74) is 26.8. The van der Waals surface area contributed by atoms with Crippen LogP contribution in [0.25, 0.3) is 33.2 Å². The van der Waals surface area contributed by atoms with Gasteiger partial charge in [-0.3, -0.25) is 4.90 Å². The molecule has 1 unspecified atom stereocenters. The standard InChI is InChI=1S/C79H86BN3O/c1-14-15-16-27-38-79(13)50-53-43-54(74(2,3)4)44-64-72(53)83(79)68-47-56(81(65-34-25-23-32-57(65)51-28-19-17-20-29-51)66-35-26-24-33-58(66)52-30-21-18-22-31-52)46-67-71(68)80(64)70-59-48-62-63(78(11,12)42-41-77(62,9)10)49-69(59)84-73(70)82(67)55-36-37-60-61(45-55)76(7,8)40-39-75(60,5)6/h17-26,28-37,43-49H,14-16,27,38-42,50H2,1-13H3. The van der Waals surface area contributed by atoms with E-state index in [1.165, 1.54) is 120 Å². The molecule has 5 aliphatic rings. The van der Waals surface area contributed by atoms with E-state index >= 15 is 0 Å². The molecule has 4 nitrogen and oxygen atoms in total. The summed E-state index contributed by atoms with van der Waals surface area (Å²) in [5, 5.41) is 1.25. The highest BCUT2D eigenvalue weighted by Crippen LogP contribution is 2.57. The Kier molecular flexibility index (Phi) is 12.6. The van der Waals surface area contributed by atoms with E-state index in [1.807, 2.05) is 0 Å². The number of hydrogen-bond donors (Lipinski definition) is 0. The first-order valence-corrected chi connectivity index (χ1v) is 31.9. The lowest BCUT2D eigenvalue weighted by Gasteiger charge is -2.47. The Labute approximate surface area is 502 Å². The van der Waals surface area contributed by atoms with E-state index < -0.39 is 0 Å². The first kappa shape index (κ1) is 54.7. The second-order valence-electron chi connectivity index (χ2n) is 29.9. The number of rotatable bonds is 11. The van der Waals surface area contributed by atoms with Gasteiger partial charge in [0.15, 0.2) is 0 Å². The van der Waals surface area contributed by atoms with Gasteiger partial charge in [0.2, 0.25) is 5.88 Å². The number of nitrogens with zero attached hydrogens (tertiary/aromatic N) is 3. The first-order chi connectivity index (χ1) is 40.1. The van der Waals surface area contributed by atoms with Crippen molar-refractivity contribution in [3.8, 4) is 22.3 Å². The van der Waals surface area contributed by atoms with Gasteiger partial charge in [-0.15, -0.1) is 0 Å². The van der Waals surface area contributed by atoms with Crippen LogP contribution in [0.15, 0.2) is 168 Å². The van der Waals surface area contributed by atoms with Crippen LogP contribution in [0.1, 0.15) is 181 Å². The van der Waals surface area contributed by atoms with E-state index in [2.05, 4.69) is 269 Å². The predicted octanol–water partition coefficient (Wildman–Crippen LogP) is 20.3. The van der Waals surface area contributed by atoms with Crippen molar-refractivity contribution in [3.63, 3.8) is 0 Å². The minimum atomic E-state index is -0.187. The lowest BCUT2D eigenvalue weighted by molar-refractivity contribution is 0.332. The number of anilines is 8. The third-order valence-corrected chi connectivity index (χ3v) is 21.2. The Hall–Kier alpha value is -7.24. The Balaban J connectivity index is 1.15. The van der Waals surface area contributed by atoms with Gasteiger partial charge in [0.1, 0.15) is 5.58 Å². The number of para-hydroxylation sites is 2. The zero-order chi connectivity index (χ0) is 58.5. The summed E-state index contributed by atoms with van der Waals surface area (Å²) in [6.45, 7) is 31.8. The van der Waals surface area contributed by atoms with E-state index in [9.17, 15) is 0 Å². The molecule has 8 aromatic carbocycles. The molecule has 1 aromatic heterocycles. The maximum Gasteiger partial charge on any atom is 0.257 e. The van der Waals surface area contributed by atoms with E-state index in [-0.39, 0.29) is 39.3 Å². The second-order valence-corrected chi connectivity index (χ2v) is 29.9. The summed E-state index contributed by atoms with van der Waals surface area (Å²) in [6, 6.07) is 63.3. The monoisotopic (exact) mass is 1100 g/mol. The fourth-order valence-electron chi connectivity index (χ4n) is 16.1.